The second-order valence-electron chi connectivity index (χ2n) is 20.2. The lowest BCUT2D eigenvalue weighted by atomic mass is 9.64. The first-order valence-corrected chi connectivity index (χ1v) is 28.9. The van der Waals surface area contributed by atoms with Gasteiger partial charge in [-0.15, -0.1) is 0 Å². The van der Waals surface area contributed by atoms with Crippen molar-refractivity contribution in [2.45, 2.75) is 20.6 Å². The number of fused-ring (bicyclic) bond motifs is 12. The van der Waals surface area contributed by atoms with E-state index >= 15 is 0 Å². The average Bonchev–Trinajstić information content (AvgIpc) is 3.80. The lowest BCUT2D eigenvalue weighted by Crippen LogP contribution is -2.79. The standard InChI is InChI=1S/C72H49NSSi/c1-4-25-51(26-5-1)71(60-34-14-12-32-58(60)59-33-13-15-35-61(59)71)52-43-45-53(46-44-52)73(66-39-22-24-50-23-10-11-31-57(50)66)54-47-48-70-65(49-54)72(62-36-16-19-40-67(62)74-68-41-20-17-37-63(68)72)64-38-18-21-42-69(64)75(70,55-27-6-2-7-28-55)56-29-8-3-9-30-56/h1-49H. The fraction of sp³-hybridized carbons (Fsp3) is 0.0278. The van der Waals surface area contributed by atoms with E-state index in [1.54, 1.807) is 0 Å². The third kappa shape index (κ3) is 6.14. The minimum Gasteiger partial charge on any atom is -0.310 e. The van der Waals surface area contributed by atoms with Crippen LogP contribution in [-0.4, -0.2) is 8.07 Å². The molecule has 0 bridgehead atoms. The zero-order valence-electron chi connectivity index (χ0n) is 41.1. The average molecular weight is 988 g/mol. The van der Waals surface area contributed by atoms with E-state index in [0.29, 0.717) is 0 Å². The second-order valence-corrected chi connectivity index (χ2v) is 25.0. The lowest BCUT2D eigenvalue weighted by Gasteiger charge is -2.52. The van der Waals surface area contributed by atoms with Crippen LogP contribution in [0.4, 0.5) is 17.1 Å². The van der Waals surface area contributed by atoms with Crippen molar-refractivity contribution in [1.82, 2.24) is 0 Å². The molecule has 1 aliphatic carbocycles. The zero-order chi connectivity index (χ0) is 49.6. The Hall–Kier alpha value is -8.73. The van der Waals surface area contributed by atoms with Gasteiger partial charge in [0, 0.05) is 26.6 Å². The molecule has 1 nitrogen and oxygen atoms in total. The van der Waals surface area contributed by atoms with Crippen molar-refractivity contribution in [2.75, 3.05) is 4.90 Å². The molecule has 12 aromatic rings. The van der Waals surface area contributed by atoms with E-state index < -0.39 is 18.9 Å². The first-order valence-electron chi connectivity index (χ1n) is 26.1. The van der Waals surface area contributed by atoms with Crippen LogP contribution < -0.4 is 25.6 Å². The van der Waals surface area contributed by atoms with Gasteiger partial charge in [-0.1, -0.05) is 267 Å². The predicted octanol–water partition coefficient (Wildman–Crippen LogP) is 15.2. The number of hydrogen-bond acceptors (Lipinski definition) is 2. The van der Waals surface area contributed by atoms with E-state index in [1.807, 2.05) is 11.8 Å². The molecule has 12 aromatic carbocycles. The quantitative estimate of drug-likeness (QED) is 0.146. The van der Waals surface area contributed by atoms with Crippen LogP contribution in [0.3, 0.4) is 0 Å². The Morgan fingerprint density at radius 1 is 0.307 bits per heavy atom. The van der Waals surface area contributed by atoms with Gasteiger partial charge >= 0.3 is 0 Å². The van der Waals surface area contributed by atoms with Gasteiger partial charge in [0.05, 0.1) is 16.5 Å². The van der Waals surface area contributed by atoms with Crippen molar-refractivity contribution in [3.8, 4) is 11.1 Å². The summed E-state index contributed by atoms with van der Waals surface area (Å²) in [5.41, 5.74) is 15.2. The van der Waals surface area contributed by atoms with Crippen LogP contribution in [0.5, 0.6) is 0 Å². The molecule has 0 radical (unpaired) electrons. The third-order valence-corrected chi connectivity index (χ3v) is 22.8. The predicted molar refractivity (Wildman–Crippen MR) is 316 cm³/mol. The first-order chi connectivity index (χ1) is 37.2. The summed E-state index contributed by atoms with van der Waals surface area (Å²) in [5.74, 6) is 0. The molecule has 2 heterocycles. The van der Waals surface area contributed by atoms with Crippen molar-refractivity contribution in [2.24, 2.45) is 0 Å². The highest BCUT2D eigenvalue weighted by Gasteiger charge is 2.57. The van der Waals surface area contributed by atoms with Gasteiger partial charge in [0.1, 0.15) is 0 Å². The van der Waals surface area contributed by atoms with Crippen molar-refractivity contribution in [1.29, 1.82) is 0 Å². The topological polar surface area (TPSA) is 3.24 Å². The second kappa shape index (κ2) is 17.2. The van der Waals surface area contributed by atoms with Gasteiger partial charge in [0.15, 0.2) is 8.07 Å². The molecule has 0 aromatic heterocycles. The fourth-order valence-electron chi connectivity index (χ4n) is 13.9. The maximum Gasteiger partial charge on any atom is 0.180 e. The van der Waals surface area contributed by atoms with Crippen LogP contribution in [0.1, 0.15) is 44.5 Å². The summed E-state index contributed by atoms with van der Waals surface area (Å²) in [6, 6.07) is 113. The van der Waals surface area contributed by atoms with Crippen molar-refractivity contribution < 1.29 is 0 Å². The molecule has 0 atom stereocenters. The van der Waals surface area contributed by atoms with Gasteiger partial charge in [-0.2, -0.15) is 0 Å². The van der Waals surface area contributed by atoms with E-state index in [2.05, 4.69) is 302 Å². The Balaban J connectivity index is 1.04. The molecule has 0 N–H and O–H groups in total. The molecule has 3 aliphatic rings. The normalized spacial score (nSPS) is 14.7. The van der Waals surface area contributed by atoms with Gasteiger partial charge < -0.3 is 4.90 Å². The Bertz CT molecular complexity index is 4030. The molecule has 0 unspecified atom stereocenters. The Morgan fingerprint density at radius 3 is 1.41 bits per heavy atom. The van der Waals surface area contributed by atoms with Crippen LogP contribution in [0.15, 0.2) is 307 Å². The minimum atomic E-state index is -3.04. The Labute approximate surface area is 444 Å². The minimum absolute atomic E-state index is 0.508. The maximum atomic E-state index is 2.60. The van der Waals surface area contributed by atoms with Crippen LogP contribution >= 0.6 is 11.8 Å². The molecule has 1 spiro atoms. The van der Waals surface area contributed by atoms with E-state index in [9.17, 15) is 0 Å². The van der Waals surface area contributed by atoms with Crippen LogP contribution in [0.25, 0.3) is 21.9 Å². The van der Waals surface area contributed by atoms with Crippen molar-refractivity contribution in [3.05, 3.63) is 342 Å². The van der Waals surface area contributed by atoms with Gasteiger partial charge in [0.25, 0.3) is 0 Å². The fourth-order valence-corrected chi connectivity index (χ4v) is 20.3. The summed E-state index contributed by atoms with van der Waals surface area (Å²) in [4.78, 5) is 5.12. The molecule has 3 heteroatoms. The summed E-state index contributed by atoms with van der Waals surface area (Å²) in [6.07, 6.45) is 0. The molecule has 0 amide bonds. The van der Waals surface area contributed by atoms with Gasteiger partial charge in [-0.3, -0.25) is 0 Å². The first kappa shape index (κ1) is 43.8. The Morgan fingerprint density at radius 2 is 0.773 bits per heavy atom. The number of benzene rings is 12. The molecule has 352 valence electrons. The molecule has 15 rings (SSSR count). The smallest absolute Gasteiger partial charge is 0.180 e. The highest BCUT2D eigenvalue weighted by Crippen LogP contribution is 2.59. The van der Waals surface area contributed by atoms with E-state index in [0.717, 1.165) is 17.1 Å². The molecule has 75 heavy (non-hydrogen) atoms. The summed E-state index contributed by atoms with van der Waals surface area (Å²) >= 11 is 1.90. The van der Waals surface area contributed by atoms with Gasteiger partial charge in [-0.05, 0) is 124 Å². The molecule has 0 saturated carbocycles. The van der Waals surface area contributed by atoms with Crippen molar-refractivity contribution in [3.63, 3.8) is 0 Å². The van der Waals surface area contributed by atoms with Crippen LogP contribution in [0, 0.1) is 0 Å². The number of nitrogens with zero attached hydrogens (tertiary/aromatic N) is 1. The highest BCUT2D eigenvalue weighted by atomic mass is 32.2. The summed E-state index contributed by atoms with van der Waals surface area (Å²) in [7, 11) is -3.04. The molecule has 0 fully saturated rings. The lowest BCUT2D eigenvalue weighted by molar-refractivity contribution is 0.707. The van der Waals surface area contributed by atoms with E-state index in [-0.39, 0.29) is 0 Å². The molecule has 2 aliphatic heterocycles. The zero-order valence-corrected chi connectivity index (χ0v) is 43.0. The number of hydrogen-bond donors (Lipinski definition) is 0. The van der Waals surface area contributed by atoms with Gasteiger partial charge in [-0.25, -0.2) is 0 Å². The molecule has 0 saturated heterocycles. The number of rotatable bonds is 7. The molecular weight excluding hydrogens is 939 g/mol. The van der Waals surface area contributed by atoms with Crippen LogP contribution in [-0.2, 0) is 10.8 Å². The monoisotopic (exact) mass is 987 g/mol. The Kier molecular flexibility index (Phi) is 10.0. The third-order valence-electron chi connectivity index (χ3n) is 16.7. The van der Waals surface area contributed by atoms with E-state index in [1.165, 1.54) is 96.9 Å². The van der Waals surface area contributed by atoms with Crippen LogP contribution in [0.2, 0.25) is 0 Å². The van der Waals surface area contributed by atoms with Crippen molar-refractivity contribution >= 4 is 68.4 Å². The largest absolute Gasteiger partial charge is 0.310 e. The maximum absolute atomic E-state index is 3.04. The highest BCUT2D eigenvalue weighted by molar-refractivity contribution is 7.99. The van der Waals surface area contributed by atoms with Gasteiger partial charge in [0.2, 0.25) is 0 Å². The molecular formula is C72H49NSSi. The summed E-state index contributed by atoms with van der Waals surface area (Å²) in [5, 5.41) is 8.00. The summed E-state index contributed by atoms with van der Waals surface area (Å²) < 4.78 is 0. The number of anilines is 3. The summed E-state index contributed by atoms with van der Waals surface area (Å²) in [6.45, 7) is 0. The van der Waals surface area contributed by atoms with E-state index in [4.69, 9.17) is 0 Å². The SMILES string of the molecule is c1ccc(C2(c3ccc(N(c4ccc5c(c4)C4(c6ccccc6Sc6ccccc64)c4ccccc4[Si]5(c4ccccc4)c4ccccc4)c4cccc5ccccc45)cc3)c3ccccc3-c3ccccc32)cc1.